The molecule has 0 spiro atoms. The van der Waals surface area contributed by atoms with Gasteiger partial charge in [-0.3, -0.25) is 4.98 Å². The van der Waals surface area contributed by atoms with Crippen LogP contribution in [0.15, 0.2) is 41.3 Å². The van der Waals surface area contributed by atoms with Crippen molar-refractivity contribution in [2.75, 3.05) is 5.32 Å². The number of nitrogens with two attached hydrogens (primary N) is 1. The Balaban J connectivity index is 2.10. The van der Waals surface area contributed by atoms with Gasteiger partial charge in [0.2, 0.25) is 10.0 Å². The van der Waals surface area contributed by atoms with Crippen molar-refractivity contribution >= 4 is 15.7 Å². The van der Waals surface area contributed by atoms with Crippen molar-refractivity contribution < 1.29 is 13.5 Å². The number of rotatable bonds is 4. The molecule has 0 bridgehead atoms. The number of primary sulfonamides is 1. The van der Waals surface area contributed by atoms with Gasteiger partial charge < -0.3 is 10.4 Å². The van der Waals surface area contributed by atoms with Crippen molar-refractivity contribution in [3.8, 4) is 5.75 Å². The zero-order valence-electron chi connectivity index (χ0n) is 10.9. The molecule has 4 N–H and O–H groups in total. The highest BCUT2D eigenvalue weighted by Crippen LogP contribution is 2.18. The molecule has 20 heavy (non-hydrogen) atoms. The van der Waals surface area contributed by atoms with Crippen LogP contribution in [0.3, 0.4) is 0 Å². The Labute approximate surface area is 117 Å². The SMILES string of the molecule is Cc1ccc(O)c(CNc2ccc(S(N)(=O)=O)cc2)n1. The van der Waals surface area contributed by atoms with Gasteiger partial charge >= 0.3 is 0 Å². The highest BCUT2D eigenvalue weighted by atomic mass is 32.2. The summed E-state index contributed by atoms with van der Waals surface area (Å²) in [6.07, 6.45) is 0. The van der Waals surface area contributed by atoms with E-state index in [0.29, 0.717) is 17.9 Å². The average molecular weight is 293 g/mol. The second-order valence-electron chi connectivity index (χ2n) is 4.34. The topological polar surface area (TPSA) is 105 Å². The summed E-state index contributed by atoms with van der Waals surface area (Å²) < 4.78 is 22.2. The molecule has 0 atom stereocenters. The number of hydrogen-bond acceptors (Lipinski definition) is 5. The number of aromatic nitrogens is 1. The second-order valence-corrected chi connectivity index (χ2v) is 5.90. The summed E-state index contributed by atoms with van der Waals surface area (Å²) in [5.74, 6) is 0.115. The molecule has 0 aliphatic heterocycles. The van der Waals surface area contributed by atoms with E-state index < -0.39 is 10.0 Å². The van der Waals surface area contributed by atoms with Gasteiger partial charge in [0.15, 0.2) is 0 Å². The summed E-state index contributed by atoms with van der Waals surface area (Å²) in [6.45, 7) is 2.17. The van der Waals surface area contributed by atoms with Gasteiger partial charge in [0, 0.05) is 11.4 Å². The average Bonchev–Trinajstić information content (AvgIpc) is 2.39. The lowest BCUT2D eigenvalue weighted by molar-refractivity contribution is 0.464. The Hall–Kier alpha value is -2.12. The number of benzene rings is 1. The summed E-state index contributed by atoms with van der Waals surface area (Å²) >= 11 is 0. The smallest absolute Gasteiger partial charge is 0.238 e. The first kappa shape index (κ1) is 14.3. The van der Waals surface area contributed by atoms with Gasteiger partial charge in [-0.15, -0.1) is 0 Å². The molecule has 0 fully saturated rings. The first-order valence-electron chi connectivity index (χ1n) is 5.88. The number of hydrogen-bond donors (Lipinski definition) is 3. The second kappa shape index (κ2) is 5.48. The van der Waals surface area contributed by atoms with Gasteiger partial charge in [0.25, 0.3) is 0 Å². The van der Waals surface area contributed by atoms with E-state index in [-0.39, 0.29) is 10.6 Å². The van der Waals surface area contributed by atoms with Crippen LogP contribution in [-0.2, 0) is 16.6 Å². The highest BCUT2D eigenvalue weighted by Gasteiger charge is 2.07. The quantitative estimate of drug-likeness (QED) is 0.789. The van der Waals surface area contributed by atoms with E-state index in [9.17, 15) is 13.5 Å². The third-order valence-corrected chi connectivity index (χ3v) is 3.66. The predicted molar refractivity (Wildman–Crippen MR) is 75.8 cm³/mol. The minimum atomic E-state index is -3.68. The molecule has 2 aromatic rings. The Morgan fingerprint density at radius 2 is 1.85 bits per heavy atom. The van der Waals surface area contributed by atoms with Crippen LogP contribution in [0, 0.1) is 6.92 Å². The van der Waals surface area contributed by atoms with E-state index in [1.165, 1.54) is 12.1 Å². The number of anilines is 1. The standard InChI is InChI=1S/C13H15N3O3S/c1-9-2-7-13(17)12(16-9)8-15-10-3-5-11(6-4-10)20(14,18)19/h2-7,15,17H,8H2,1H3,(H2,14,18,19). The molecule has 106 valence electrons. The van der Waals surface area contributed by atoms with Crippen molar-refractivity contribution in [1.82, 2.24) is 4.98 Å². The number of pyridine rings is 1. The van der Waals surface area contributed by atoms with E-state index in [1.54, 1.807) is 24.3 Å². The molecule has 1 heterocycles. The fraction of sp³-hybridized carbons (Fsp3) is 0.154. The van der Waals surface area contributed by atoms with E-state index >= 15 is 0 Å². The minimum absolute atomic E-state index is 0.0552. The summed E-state index contributed by atoms with van der Waals surface area (Å²) in [5.41, 5.74) is 2.05. The lowest BCUT2D eigenvalue weighted by atomic mass is 10.2. The lowest BCUT2D eigenvalue weighted by Gasteiger charge is -2.08. The summed E-state index contributed by atoms with van der Waals surface area (Å²) in [7, 11) is -3.68. The maximum absolute atomic E-state index is 11.1. The van der Waals surface area contributed by atoms with Crippen molar-refractivity contribution in [1.29, 1.82) is 0 Å². The Bertz CT molecular complexity index is 712. The van der Waals surface area contributed by atoms with Crippen molar-refractivity contribution in [2.45, 2.75) is 18.4 Å². The monoisotopic (exact) mass is 293 g/mol. The van der Waals surface area contributed by atoms with Gasteiger partial charge in [-0.1, -0.05) is 0 Å². The summed E-state index contributed by atoms with van der Waals surface area (Å²) in [6, 6.07) is 9.35. The molecule has 0 aliphatic carbocycles. The highest BCUT2D eigenvalue weighted by molar-refractivity contribution is 7.89. The van der Waals surface area contributed by atoms with Crippen molar-refractivity contribution in [3.63, 3.8) is 0 Å². The van der Waals surface area contributed by atoms with Crippen molar-refractivity contribution in [2.24, 2.45) is 5.14 Å². The van der Waals surface area contributed by atoms with E-state index in [0.717, 1.165) is 5.69 Å². The van der Waals surface area contributed by atoms with Crippen molar-refractivity contribution in [3.05, 3.63) is 47.8 Å². The normalized spacial score (nSPS) is 11.3. The molecule has 0 radical (unpaired) electrons. The molecule has 6 nitrogen and oxygen atoms in total. The Morgan fingerprint density at radius 3 is 2.45 bits per heavy atom. The molecule has 1 aromatic heterocycles. The maximum Gasteiger partial charge on any atom is 0.238 e. The number of sulfonamides is 1. The zero-order valence-corrected chi connectivity index (χ0v) is 11.7. The zero-order chi connectivity index (χ0) is 14.8. The molecule has 0 saturated carbocycles. The fourth-order valence-corrected chi connectivity index (χ4v) is 2.20. The molecule has 0 aliphatic rings. The predicted octanol–water partition coefficient (Wildman–Crippen LogP) is 1.36. The molecule has 7 heteroatoms. The summed E-state index contributed by atoms with van der Waals surface area (Å²) in [4.78, 5) is 4.27. The molecule has 1 aromatic carbocycles. The molecule has 0 saturated heterocycles. The van der Waals surface area contributed by atoms with Crippen LogP contribution in [0.2, 0.25) is 0 Å². The molecule has 0 unspecified atom stereocenters. The number of aryl methyl sites for hydroxylation is 1. The van der Waals surface area contributed by atoms with E-state index in [2.05, 4.69) is 10.3 Å². The minimum Gasteiger partial charge on any atom is -0.506 e. The Morgan fingerprint density at radius 1 is 1.20 bits per heavy atom. The van der Waals surface area contributed by atoms with Crippen LogP contribution < -0.4 is 10.5 Å². The first-order chi connectivity index (χ1) is 9.36. The van der Waals surface area contributed by atoms with E-state index in [1.807, 2.05) is 6.92 Å². The van der Waals surface area contributed by atoms with Gasteiger partial charge in [-0.05, 0) is 43.3 Å². The maximum atomic E-state index is 11.1. The lowest BCUT2D eigenvalue weighted by Crippen LogP contribution is -2.12. The van der Waals surface area contributed by atoms with Gasteiger partial charge in [-0.2, -0.15) is 0 Å². The Kier molecular flexibility index (Phi) is 3.91. The summed E-state index contributed by atoms with van der Waals surface area (Å²) in [5, 5.41) is 17.7. The fourth-order valence-electron chi connectivity index (χ4n) is 1.68. The van der Waals surface area contributed by atoms with Gasteiger partial charge in [0.05, 0.1) is 11.4 Å². The number of nitrogens with one attached hydrogen (secondary N) is 1. The van der Waals surface area contributed by atoms with Crippen LogP contribution >= 0.6 is 0 Å². The van der Waals surface area contributed by atoms with Crippen LogP contribution in [-0.4, -0.2) is 18.5 Å². The molecular weight excluding hydrogens is 278 g/mol. The van der Waals surface area contributed by atoms with Crippen LogP contribution in [0.1, 0.15) is 11.4 Å². The van der Waals surface area contributed by atoms with Gasteiger partial charge in [0.1, 0.15) is 11.4 Å². The van der Waals surface area contributed by atoms with E-state index in [4.69, 9.17) is 5.14 Å². The number of aromatic hydroxyl groups is 1. The molecule has 2 rings (SSSR count). The largest absolute Gasteiger partial charge is 0.506 e. The van der Waals surface area contributed by atoms with Crippen LogP contribution in [0.5, 0.6) is 5.75 Å². The molecule has 0 amide bonds. The molecular formula is C13H15N3O3S. The third-order valence-electron chi connectivity index (χ3n) is 2.73. The first-order valence-corrected chi connectivity index (χ1v) is 7.43. The van der Waals surface area contributed by atoms with Crippen LogP contribution in [0.4, 0.5) is 5.69 Å². The third kappa shape index (κ3) is 3.46. The number of nitrogens with zero attached hydrogens (tertiary/aromatic N) is 1. The van der Waals surface area contributed by atoms with Gasteiger partial charge in [-0.25, -0.2) is 13.6 Å². The van der Waals surface area contributed by atoms with Crippen LogP contribution in [0.25, 0.3) is 0 Å².